The number of ether oxygens (including phenoxy) is 1. The minimum Gasteiger partial charge on any atom is -0.481 e. The molecule has 0 aromatic heterocycles. The molecule has 1 unspecified atom stereocenters. The van der Waals surface area contributed by atoms with Crippen molar-refractivity contribution in [3.63, 3.8) is 0 Å². The number of esters is 1. The average Bonchev–Trinajstić information content (AvgIpc) is 2.82. The van der Waals surface area contributed by atoms with Gasteiger partial charge < -0.3 is 9.84 Å². The van der Waals surface area contributed by atoms with Gasteiger partial charge in [0.05, 0.1) is 5.41 Å². The fourth-order valence-corrected chi connectivity index (χ4v) is 11.0. The lowest BCUT2D eigenvalue weighted by atomic mass is 9.33. The van der Waals surface area contributed by atoms with Crippen molar-refractivity contribution in [3.8, 4) is 0 Å². The Balaban J connectivity index is 1.52. The predicted octanol–water partition coefficient (Wildman–Crippen LogP) is 6.94. The number of allylic oxidation sites excluding steroid dienone is 2. The van der Waals surface area contributed by atoms with Gasteiger partial charge in [0.25, 0.3) is 0 Å². The zero-order valence-electron chi connectivity index (χ0n) is 25.9. The van der Waals surface area contributed by atoms with E-state index in [4.69, 9.17) is 4.74 Å². The number of carbonyl (C=O) groups is 4. The fraction of sp³-hybridized carbons (Fsp3) is 0.824. The molecule has 0 amide bonds. The summed E-state index contributed by atoms with van der Waals surface area (Å²) in [5.41, 5.74) is -0.411. The lowest BCUT2D eigenvalue weighted by Crippen LogP contribution is -2.66. The van der Waals surface area contributed by atoms with Crippen molar-refractivity contribution in [2.75, 3.05) is 0 Å². The molecule has 0 bridgehead atoms. The number of hydrogen-bond acceptors (Lipinski definition) is 5. The molecule has 6 heteroatoms. The SMILES string of the molecule is CC(=O)CC(=O)O[C@H]1CC[C@@]2(C)C(CC[C@]3(C)[C@@H]2C(=O)C=C2[C@@H]4C[C@@](C)(C(=O)O)CC[C@]4(C)CC[C@]23C)C1(C)C. The summed E-state index contributed by atoms with van der Waals surface area (Å²) in [7, 11) is 0. The first-order valence-corrected chi connectivity index (χ1v) is 15.5. The van der Waals surface area contributed by atoms with Crippen LogP contribution in [0.25, 0.3) is 0 Å². The maximum atomic E-state index is 14.4. The molecule has 9 atom stereocenters. The smallest absolute Gasteiger partial charge is 0.313 e. The zero-order chi connectivity index (χ0) is 29.7. The molecule has 5 aliphatic rings. The largest absolute Gasteiger partial charge is 0.481 e. The summed E-state index contributed by atoms with van der Waals surface area (Å²) in [4.78, 5) is 50.7. The average molecular weight is 555 g/mol. The first-order chi connectivity index (χ1) is 18.3. The summed E-state index contributed by atoms with van der Waals surface area (Å²) in [6.45, 7) is 17.0. The third kappa shape index (κ3) is 3.93. The van der Waals surface area contributed by atoms with E-state index in [-0.39, 0.29) is 68.9 Å². The van der Waals surface area contributed by atoms with Gasteiger partial charge in [-0.05, 0) is 111 Å². The van der Waals surface area contributed by atoms with Gasteiger partial charge in [0.1, 0.15) is 18.3 Å². The first-order valence-electron chi connectivity index (χ1n) is 15.5. The summed E-state index contributed by atoms with van der Waals surface area (Å²) in [6, 6.07) is 0. The van der Waals surface area contributed by atoms with Crippen LogP contribution in [-0.4, -0.2) is 34.7 Å². The van der Waals surface area contributed by atoms with E-state index >= 15 is 0 Å². The van der Waals surface area contributed by atoms with Crippen LogP contribution in [0.15, 0.2) is 11.6 Å². The van der Waals surface area contributed by atoms with Gasteiger partial charge >= 0.3 is 11.9 Å². The van der Waals surface area contributed by atoms with E-state index in [9.17, 15) is 24.3 Å². The van der Waals surface area contributed by atoms with Gasteiger partial charge in [0, 0.05) is 11.3 Å². The van der Waals surface area contributed by atoms with E-state index in [2.05, 4.69) is 41.5 Å². The van der Waals surface area contributed by atoms with Gasteiger partial charge in [-0.25, -0.2) is 0 Å². The van der Waals surface area contributed by atoms with Crippen molar-refractivity contribution >= 4 is 23.5 Å². The molecule has 0 spiro atoms. The Bertz CT molecular complexity index is 1180. The number of carboxylic acids is 1. The maximum Gasteiger partial charge on any atom is 0.313 e. The molecule has 0 heterocycles. The topological polar surface area (TPSA) is 97.7 Å². The fourth-order valence-electron chi connectivity index (χ4n) is 11.0. The molecule has 4 fully saturated rings. The molecular weight excluding hydrogens is 504 g/mol. The normalized spacial score (nSPS) is 47.5. The van der Waals surface area contributed by atoms with Gasteiger partial charge in [-0.1, -0.05) is 47.1 Å². The lowest BCUT2D eigenvalue weighted by molar-refractivity contribution is -0.211. The van der Waals surface area contributed by atoms with Crippen molar-refractivity contribution < 1.29 is 29.0 Å². The molecule has 40 heavy (non-hydrogen) atoms. The monoisotopic (exact) mass is 554 g/mol. The Labute approximate surface area is 240 Å². The van der Waals surface area contributed by atoms with E-state index in [0.29, 0.717) is 19.3 Å². The molecule has 0 aromatic carbocycles. The number of aliphatic carboxylic acids is 1. The van der Waals surface area contributed by atoms with Crippen molar-refractivity contribution in [2.24, 2.45) is 50.2 Å². The summed E-state index contributed by atoms with van der Waals surface area (Å²) >= 11 is 0. The number of hydrogen-bond donors (Lipinski definition) is 1. The van der Waals surface area contributed by atoms with E-state index in [1.54, 1.807) is 0 Å². The maximum absolute atomic E-state index is 14.4. The van der Waals surface area contributed by atoms with Gasteiger partial charge in [0.15, 0.2) is 5.78 Å². The van der Waals surface area contributed by atoms with E-state index in [0.717, 1.165) is 38.5 Å². The number of Topliss-reactive ketones (excluding diaryl/α,β-unsaturated/α-hetero) is 1. The van der Waals surface area contributed by atoms with E-state index in [1.165, 1.54) is 12.5 Å². The molecule has 0 aromatic rings. The Morgan fingerprint density at radius 3 is 2.20 bits per heavy atom. The Hall–Kier alpha value is -1.98. The third-order valence-electron chi connectivity index (χ3n) is 13.7. The van der Waals surface area contributed by atoms with E-state index in [1.807, 2.05) is 13.0 Å². The van der Waals surface area contributed by atoms with Crippen molar-refractivity contribution in [1.29, 1.82) is 0 Å². The molecule has 0 saturated heterocycles. The molecule has 222 valence electrons. The number of ketones is 2. The van der Waals surface area contributed by atoms with Crippen LogP contribution in [0.5, 0.6) is 0 Å². The van der Waals surface area contributed by atoms with E-state index < -0.39 is 17.4 Å². The van der Waals surface area contributed by atoms with Gasteiger partial charge in [0.2, 0.25) is 0 Å². The Morgan fingerprint density at radius 1 is 0.925 bits per heavy atom. The molecule has 0 radical (unpaired) electrons. The summed E-state index contributed by atoms with van der Waals surface area (Å²) in [5, 5.41) is 10.1. The van der Waals surface area contributed by atoms with Gasteiger partial charge in [-0.15, -0.1) is 0 Å². The number of rotatable bonds is 4. The number of carbonyl (C=O) groups excluding carboxylic acids is 3. The van der Waals surface area contributed by atoms with Crippen LogP contribution in [0.4, 0.5) is 0 Å². The minimum absolute atomic E-state index is 0.0364. The van der Waals surface area contributed by atoms with Crippen LogP contribution in [0, 0.1) is 50.2 Å². The second-order valence-electron chi connectivity index (χ2n) is 16.3. The predicted molar refractivity (Wildman–Crippen MR) is 152 cm³/mol. The molecule has 5 aliphatic carbocycles. The molecule has 0 aliphatic heterocycles. The summed E-state index contributed by atoms with van der Waals surface area (Å²) in [6.07, 6.45) is 9.20. The highest BCUT2D eigenvalue weighted by molar-refractivity contribution is 5.96. The summed E-state index contributed by atoms with van der Waals surface area (Å²) in [5.74, 6) is -0.939. The van der Waals surface area contributed by atoms with Crippen molar-refractivity contribution in [3.05, 3.63) is 11.6 Å². The molecule has 4 saturated carbocycles. The van der Waals surface area contributed by atoms with Crippen molar-refractivity contribution in [1.82, 2.24) is 0 Å². The second-order valence-corrected chi connectivity index (χ2v) is 16.3. The van der Waals surface area contributed by atoms with Crippen LogP contribution in [0.3, 0.4) is 0 Å². The lowest BCUT2D eigenvalue weighted by Gasteiger charge is -2.70. The molecular formula is C34H50O6. The van der Waals surface area contributed by atoms with Crippen LogP contribution in [0.2, 0.25) is 0 Å². The Kier molecular flexibility index (Phi) is 6.65. The van der Waals surface area contributed by atoms with Crippen LogP contribution in [-0.2, 0) is 23.9 Å². The van der Waals surface area contributed by atoms with Gasteiger partial charge in [-0.3, -0.25) is 19.2 Å². The first kappa shape index (κ1) is 29.5. The minimum atomic E-state index is -0.754. The zero-order valence-corrected chi connectivity index (χ0v) is 25.9. The Morgan fingerprint density at radius 2 is 1.57 bits per heavy atom. The molecule has 1 N–H and O–H groups in total. The molecule has 6 nitrogen and oxygen atoms in total. The highest BCUT2D eigenvalue weighted by atomic mass is 16.5. The summed E-state index contributed by atoms with van der Waals surface area (Å²) < 4.78 is 5.91. The van der Waals surface area contributed by atoms with Crippen LogP contribution >= 0.6 is 0 Å². The number of carboxylic acid groups (broad SMARTS) is 1. The number of fused-ring (bicyclic) bond motifs is 7. The quantitative estimate of drug-likeness (QED) is 0.298. The molecule has 5 rings (SSSR count). The standard InChI is InChI=1S/C34H50O6/c1-20(35)17-26(37)40-25-10-11-32(6)24(29(25,2)3)9-12-34(8)27(32)23(36)18-21-22-19-31(5,28(38)39)14-13-30(22,4)15-16-33(21,34)7/h18,22,24-25,27H,9-17,19H2,1-8H3,(H,38,39)/t22-,24?,25-,27+,30+,31-,32-,33+,34+/m0/s1. The van der Waals surface area contributed by atoms with Crippen molar-refractivity contribution in [2.45, 2.75) is 126 Å². The highest BCUT2D eigenvalue weighted by Gasteiger charge is 2.70. The highest BCUT2D eigenvalue weighted by Crippen LogP contribution is 2.75. The van der Waals surface area contributed by atoms with Gasteiger partial charge in [-0.2, -0.15) is 0 Å². The van der Waals surface area contributed by atoms with Crippen LogP contribution < -0.4 is 0 Å². The van der Waals surface area contributed by atoms with Crippen LogP contribution in [0.1, 0.15) is 120 Å². The third-order valence-corrected chi connectivity index (χ3v) is 13.7. The second kappa shape index (κ2) is 9.01.